The molecule has 0 radical (unpaired) electrons. The molecule has 4 rings (SSSR count). The third-order valence-electron chi connectivity index (χ3n) is 4.26. The largest absolute Gasteiger partial charge is 0.329 e. The van der Waals surface area contributed by atoms with Crippen LogP contribution in [0.15, 0.2) is 30.5 Å². The molecular formula is C17H11Cl2F2N5O. The average molecular weight is 410 g/mol. The Morgan fingerprint density at radius 1 is 1.07 bits per heavy atom. The molecule has 3 heterocycles. The molecule has 6 nitrogen and oxygen atoms in total. The predicted octanol–water partition coefficient (Wildman–Crippen LogP) is 3.58. The van der Waals surface area contributed by atoms with Gasteiger partial charge in [0, 0.05) is 13.1 Å². The van der Waals surface area contributed by atoms with Gasteiger partial charge < -0.3 is 9.47 Å². The minimum absolute atomic E-state index is 0.0342. The highest BCUT2D eigenvalue weighted by molar-refractivity contribution is 6.37. The third kappa shape index (κ3) is 3.15. The van der Waals surface area contributed by atoms with E-state index < -0.39 is 17.5 Å². The minimum atomic E-state index is -0.825. The minimum Gasteiger partial charge on any atom is -0.329 e. The lowest BCUT2D eigenvalue weighted by atomic mass is 10.1. The van der Waals surface area contributed by atoms with Gasteiger partial charge in [-0.1, -0.05) is 23.2 Å². The van der Waals surface area contributed by atoms with E-state index in [0.717, 1.165) is 6.20 Å². The lowest BCUT2D eigenvalue weighted by Gasteiger charge is -2.28. The smallest absolute Gasteiger partial charge is 0.255 e. The highest BCUT2D eigenvalue weighted by Gasteiger charge is 2.28. The molecule has 2 aromatic heterocycles. The van der Waals surface area contributed by atoms with Crippen molar-refractivity contribution >= 4 is 29.1 Å². The number of hydrogen-bond acceptors (Lipinski definition) is 4. The molecule has 138 valence electrons. The van der Waals surface area contributed by atoms with Crippen molar-refractivity contribution < 1.29 is 13.6 Å². The van der Waals surface area contributed by atoms with Gasteiger partial charge in [-0.3, -0.25) is 4.79 Å². The Hall–Kier alpha value is -2.58. The number of amides is 1. The summed E-state index contributed by atoms with van der Waals surface area (Å²) in [5.74, 6) is -0.657. The van der Waals surface area contributed by atoms with Gasteiger partial charge in [0.1, 0.15) is 11.5 Å². The summed E-state index contributed by atoms with van der Waals surface area (Å²) in [6.07, 6.45) is 1.10. The maximum absolute atomic E-state index is 13.9. The molecule has 0 saturated carbocycles. The van der Waals surface area contributed by atoms with Crippen LogP contribution in [0.25, 0.3) is 11.5 Å². The van der Waals surface area contributed by atoms with Crippen LogP contribution < -0.4 is 0 Å². The maximum atomic E-state index is 13.9. The molecule has 0 fully saturated rings. The monoisotopic (exact) mass is 409 g/mol. The number of pyridine rings is 1. The van der Waals surface area contributed by atoms with Gasteiger partial charge in [0.2, 0.25) is 0 Å². The Balaban J connectivity index is 1.60. The molecule has 0 N–H and O–H groups in total. The zero-order chi connectivity index (χ0) is 19.1. The number of rotatable bonds is 2. The first-order chi connectivity index (χ1) is 13.0. The quantitative estimate of drug-likeness (QED) is 0.606. The van der Waals surface area contributed by atoms with Crippen molar-refractivity contribution in [1.82, 2.24) is 24.6 Å². The summed E-state index contributed by atoms with van der Waals surface area (Å²) in [6.45, 7) is 0.933. The van der Waals surface area contributed by atoms with Crippen LogP contribution in [0.3, 0.4) is 0 Å². The lowest BCUT2D eigenvalue weighted by Crippen LogP contribution is -2.38. The summed E-state index contributed by atoms with van der Waals surface area (Å²) < 4.78 is 28.8. The number of aromatic nitrogens is 4. The van der Waals surface area contributed by atoms with Crippen molar-refractivity contribution in [2.75, 3.05) is 6.54 Å². The summed E-state index contributed by atoms with van der Waals surface area (Å²) in [5.41, 5.74) is 0.518. The number of carbonyl (C=O) groups is 1. The van der Waals surface area contributed by atoms with Gasteiger partial charge in [0.25, 0.3) is 5.91 Å². The fraction of sp³-hybridized carbons (Fsp3) is 0.176. The predicted molar refractivity (Wildman–Crippen MR) is 94.4 cm³/mol. The lowest BCUT2D eigenvalue weighted by molar-refractivity contribution is 0.0707. The van der Waals surface area contributed by atoms with Crippen molar-refractivity contribution in [3.05, 3.63) is 63.5 Å². The van der Waals surface area contributed by atoms with Crippen LogP contribution >= 0.6 is 23.2 Å². The first-order valence-electron chi connectivity index (χ1n) is 7.92. The molecule has 0 bridgehead atoms. The van der Waals surface area contributed by atoms with E-state index in [1.165, 1.54) is 29.2 Å². The molecule has 27 heavy (non-hydrogen) atoms. The van der Waals surface area contributed by atoms with Crippen LogP contribution in [-0.4, -0.2) is 37.1 Å². The maximum Gasteiger partial charge on any atom is 0.255 e. The Bertz CT molecular complexity index is 1040. The molecule has 1 aromatic carbocycles. The van der Waals surface area contributed by atoms with Crippen LogP contribution in [0.5, 0.6) is 0 Å². The summed E-state index contributed by atoms with van der Waals surface area (Å²) in [7, 11) is 0. The van der Waals surface area contributed by atoms with E-state index >= 15 is 0 Å². The summed E-state index contributed by atoms with van der Waals surface area (Å²) in [4.78, 5) is 18.2. The van der Waals surface area contributed by atoms with E-state index in [-0.39, 0.29) is 22.2 Å². The summed E-state index contributed by atoms with van der Waals surface area (Å²) in [5, 5.41) is 7.73. The Morgan fingerprint density at radius 3 is 2.63 bits per heavy atom. The zero-order valence-corrected chi connectivity index (χ0v) is 15.2. The van der Waals surface area contributed by atoms with Gasteiger partial charge in [0.15, 0.2) is 17.5 Å². The van der Waals surface area contributed by atoms with Crippen LogP contribution in [0, 0.1) is 11.6 Å². The molecule has 3 aromatic rings. The standard InChI is InChI=1S/C17H11Cl2F2N5O/c18-11-3-2-10(14(19)15(11)21)17(27)25-5-6-26-13(8-25)23-24-16(26)12-4-1-9(20)7-22-12/h1-4,7H,5-6,8H2. The van der Waals surface area contributed by atoms with E-state index in [2.05, 4.69) is 15.2 Å². The molecule has 0 saturated heterocycles. The molecule has 1 aliphatic heterocycles. The molecule has 0 spiro atoms. The average Bonchev–Trinajstić information content (AvgIpc) is 3.09. The molecule has 0 atom stereocenters. The topological polar surface area (TPSA) is 63.9 Å². The highest BCUT2D eigenvalue weighted by Crippen LogP contribution is 2.28. The van der Waals surface area contributed by atoms with Crippen molar-refractivity contribution in [1.29, 1.82) is 0 Å². The second kappa shape index (κ2) is 6.86. The fourth-order valence-electron chi connectivity index (χ4n) is 2.89. The number of hydrogen-bond donors (Lipinski definition) is 0. The summed E-state index contributed by atoms with van der Waals surface area (Å²) in [6, 6.07) is 5.49. The molecule has 1 amide bonds. The van der Waals surface area contributed by atoms with Gasteiger partial charge in [-0.05, 0) is 24.3 Å². The van der Waals surface area contributed by atoms with E-state index in [9.17, 15) is 13.6 Å². The van der Waals surface area contributed by atoms with E-state index in [4.69, 9.17) is 23.2 Å². The molecular weight excluding hydrogens is 399 g/mol. The van der Waals surface area contributed by atoms with Crippen molar-refractivity contribution in [2.24, 2.45) is 0 Å². The van der Waals surface area contributed by atoms with Crippen LogP contribution in [-0.2, 0) is 13.1 Å². The van der Waals surface area contributed by atoms with E-state index in [0.29, 0.717) is 30.4 Å². The molecule has 0 unspecified atom stereocenters. The van der Waals surface area contributed by atoms with E-state index in [1.807, 2.05) is 4.57 Å². The van der Waals surface area contributed by atoms with Gasteiger partial charge in [-0.25, -0.2) is 13.8 Å². The first kappa shape index (κ1) is 17.8. The second-order valence-electron chi connectivity index (χ2n) is 5.90. The molecule has 10 heteroatoms. The molecule has 0 aliphatic carbocycles. The number of carbonyl (C=O) groups excluding carboxylic acids is 1. The number of halogens is 4. The summed E-state index contributed by atoms with van der Waals surface area (Å²) >= 11 is 11.6. The fourth-order valence-corrected chi connectivity index (χ4v) is 3.34. The second-order valence-corrected chi connectivity index (χ2v) is 6.69. The Morgan fingerprint density at radius 2 is 1.89 bits per heavy atom. The van der Waals surface area contributed by atoms with E-state index in [1.54, 1.807) is 0 Å². The van der Waals surface area contributed by atoms with Gasteiger partial charge >= 0.3 is 0 Å². The van der Waals surface area contributed by atoms with Crippen molar-refractivity contribution in [3.63, 3.8) is 0 Å². The highest BCUT2D eigenvalue weighted by atomic mass is 35.5. The van der Waals surface area contributed by atoms with Crippen LogP contribution in [0.1, 0.15) is 16.2 Å². The SMILES string of the molecule is O=C(c1ccc(Cl)c(F)c1Cl)N1CCn2c(nnc2-c2ccc(F)cn2)C1. The Labute approximate surface area is 162 Å². The van der Waals surface area contributed by atoms with Crippen molar-refractivity contribution in [3.8, 4) is 11.5 Å². The number of nitrogens with zero attached hydrogens (tertiary/aromatic N) is 5. The van der Waals surface area contributed by atoms with Crippen LogP contribution in [0.4, 0.5) is 8.78 Å². The zero-order valence-electron chi connectivity index (χ0n) is 13.7. The van der Waals surface area contributed by atoms with Crippen LogP contribution in [0.2, 0.25) is 10.0 Å². The van der Waals surface area contributed by atoms with Gasteiger partial charge in [-0.15, -0.1) is 10.2 Å². The van der Waals surface area contributed by atoms with Crippen molar-refractivity contribution in [2.45, 2.75) is 13.1 Å². The Kier molecular flexibility index (Phi) is 4.53. The molecule has 1 aliphatic rings. The number of benzene rings is 1. The third-order valence-corrected chi connectivity index (χ3v) is 4.92. The van der Waals surface area contributed by atoms with Gasteiger partial charge in [-0.2, -0.15) is 0 Å². The number of fused-ring (bicyclic) bond motifs is 1. The van der Waals surface area contributed by atoms with Gasteiger partial charge in [0.05, 0.1) is 28.4 Å². The normalized spacial score (nSPS) is 13.6. The first-order valence-corrected chi connectivity index (χ1v) is 8.68.